The van der Waals surface area contributed by atoms with Crippen LogP contribution in [0.1, 0.15) is 21.5 Å². The minimum atomic E-state index is -0.319. The topological polar surface area (TPSA) is 60.2 Å². The van der Waals surface area contributed by atoms with Crippen LogP contribution in [0.25, 0.3) is 0 Å². The van der Waals surface area contributed by atoms with Crippen LogP contribution in [0.5, 0.6) is 0 Å². The molecule has 0 atom stereocenters. The molecule has 0 aliphatic carbocycles. The maximum Gasteiger partial charge on any atom is 0.337 e. The third kappa shape index (κ3) is 3.55. The largest absolute Gasteiger partial charge is 0.465 e. The normalized spacial score (nSPS) is 12.9. The number of esters is 1. The smallest absolute Gasteiger partial charge is 0.337 e. The fraction of sp³-hybridized carbons (Fsp3) is 0.250. The molecule has 0 unspecified atom stereocenters. The van der Waals surface area contributed by atoms with Crippen molar-refractivity contribution in [2.75, 3.05) is 18.6 Å². The number of aromatic nitrogens is 3. The fourth-order valence-electron chi connectivity index (χ4n) is 3.06. The van der Waals surface area contributed by atoms with Gasteiger partial charge >= 0.3 is 5.97 Å². The first-order chi connectivity index (χ1) is 13.2. The second kappa shape index (κ2) is 7.44. The highest BCUT2D eigenvalue weighted by Gasteiger charge is 2.25. The molecule has 0 fully saturated rings. The van der Waals surface area contributed by atoms with Gasteiger partial charge in [-0.1, -0.05) is 41.6 Å². The van der Waals surface area contributed by atoms with E-state index in [2.05, 4.69) is 50.9 Å². The highest BCUT2D eigenvalue weighted by molar-refractivity contribution is 7.98. The molecular weight excluding hydrogens is 360 g/mol. The van der Waals surface area contributed by atoms with Crippen LogP contribution < -0.4 is 4.90 Å². The van der Waals surface area contributed by atoms with E-state index in [4.69, 9.17) is 4.74 Å². The molecular formula is C20H20N4O2S. The monoisotopic (exact) mass is 380 g/mol. The molecule has 4 rings (SSSR count). The Bertz CT molecular complexity index is 951. The summed E-state index contributed by atoms with van der Waals surface area (Å²) < 4.78 is 6.89. The van der Waals surface area contributed by atoms with E-state index in [-0.39, 0.29) is 5.97 Å². The highest BCUT2D eigenvalue weighted by Crippen LogP contribution is 2.33. The number of fused-ring (bicyclic) bond motifs is 1. The van der Waals surface area contributed by atoms with Crippen LogP contribution in [-0.4, -0.2) is 34.4 Å². The van der Waals surface area contributed by atoms with Crippen LogP contribution in [0.2, 0.25) is 0 Å². The summed E-state index contributed by atoms with van der Waals surface area (Å²) in [5.41, 5.74) is 4.07. The maximum atomic E-state index is 11.5. The predicted molar refractivity (Wildman–Crippen MR) is 106 cm³/mol. The number of aryl methyl sites for hydroxylation is 1. The van der Waals surface area contributed by atoms with E-state index < -0.39 is 0 Å². The molecule has 2 heterocycles. The molecule has 6 nitrogen and oxygen atoms in total. The summed E-state index contributed by atoms with van der Waals surface area (Å²) in [5.74, 6) is 1.34. The molecule has 3 aromatic rings. The van der Waals surface area contributed by atoms with Crippen LogP contribution in [0.3, 0.4) is 0 Å². The van der Waals surface area contributed by atoms with Crippen LogP contribution >= 0.6 is 11.8 Å². The molecule has 27 heavy (non-hydrogen) atoms. The lowest BCUT2D eigenvalue weighted by Gasteiger charge is -2.15. The summed E-state index contributed by atoms with van der Waals surface area (Å²) in [5, 5.41) is 9.67. The van der Waals surface area contributed by atoms with Gasteiger partial charge in [0, 0.05) is 24.5 Å². The van der Waals surface area contributed by atoms with Crippen molar-refractivity contribution in [1.82, 2.24) is 14.8 Å². The van der Waals surface area contributed by atoms with Gasteiger partial charge in [-0.15, -0.1) is 10.2 Å². The van der Waals surface area contributed by atoms with E-state index in [1.54, 1.807) is 23.9 Å². The lowest BCUT2D eigenvalue weighted by Crippen LogP contribution is -2.14. The molecule has 2 aromatic carbocycles. The van der Waals surface area contributed by atoms with Gasteiger partial charge in [-0.05, 0) is 36.8 Å². The zero-order chi connectivity index (χ0) is 18.8. The molecule has 0 saturated heterocycles. The highest BCUT2D eigenvalue weighted by atomic mass is 32.2. The molecule has 0 amide bonds. The van der Waals surface area contributed by atoms with Gasteiger partial charge in [0.15, 0.2) is 5.16 Å². The molecule has 0 radical (unpaired) electrons. The Kier molecular flexibility index (Phi) is 4.85. The zero-order valence-corrected chi connectivity index (χ0v) is 16.1. The quantitative estimate of drug-likeness (QED) is 0.495. The lowest BCUT2D eigenvalue weighted by molar-refractivity contribution is 0.0600. The van der Waals surface area contributed by atoms with E-state index in [1.807, 2.05) is 12.1 Å². The van der Waals surface area contributed by atoms with Gasteiger partial charge in [-0.25, -0.2) is 4.79 Å². The van der Waals surface area contributed by atoms with Crippen LogP contribution in [0, 0.1) is 6.92 Å². The Balaban J connectivity index is 1.45. The Morgan fingerprint density at radius 2 is 1.81 bits per heavy atom. The number of hydrogen-bond donors (Lipinski definition) is 0. The zero-order valence-electron chi connectivity index (χ0n) is 15.3. The molecule has 1 aliphatic heterocycles. The number of thioether (sulfide) groups is 1. The van der Waals surface area contributed by atoms with Crippen molar-refractivity contribution < 1.29 is 9.53 Å². The molecule has 0 N–H and O–H groups in total. The van der Waals surface area contributed by atoms with Gasteiger partial charge in [0.05, 0.1) is 12.7 Å². The second-order valence-electron chi connectivity index (χ2n) is 6.40. The molecule has 7 heteroatoms. The summed E-state index contributed by atoms with van der Waals surface area (Å²) in [4.78, 5) is 13.7. The molecule has 1 aliphatic rings. The summed E-state index contributed by atoms with van der Waals surface area (Å²) in [6.45, 7) is 3.86. The first-order valence-electron chi connectivity index (χ1n) is 8.73. The Morgan fingerprint density at radius 3 is 2.52 bits per heavy atom. The van der Waals surface area contributed by atoms with Crippen molar-refractivity contribution in [1.29, 1.82) is 0 Å². The first-order valence-corrected chi connectivity index (χ1v) is 9.72. The van der Waals surface area contributed by atoms with Gasteiger partial charge in [0.2, 0.25) is 5.95 Å². The minimum absolute atomic E-state index is 0.319. The van der Waals surface area contributed by atoms with Gasteiger partial charge in [-0.3, -0.25) is 4.57 Å². The van der Waals surface area contributed by atoms with Crippen molar-refractivity contribution in [2.24, 2.45) is 0 Å². The average molecular weight is 380 g/mol. The minimum Gasteiger partial charge on any atom is -0.465 e. The Morgan fingerprint density at radius 1 is 1.07 bits per heavy atom. The van der Waals surface area contributed by atoms with Crippen molar-refractivity contribution in [3.05, 3.63) is 65.2 Å². The summed E-state index contributed by atoms with van der Waals surface area (Å²) in [7, 11) is 1.39. The number of carbonyl (C=O) groups is 1. The van der Waals surface area contributed by atoms with Gasteiger partial charge in [0.1, 0.15) is 0 Å². The average Bonchev–Trinajstić information content (AvgIpc) is 3.29. The summed E-state index contributed by atoms with van der Waals surface area (Å²) >= 11 is 1.65. The number of ether oxygens (including phenoxy) is 1. The van der Waals surface area contributed by atoms with Crippen LogP contribution in [0.15, 0.2) is 53.7 Å². The number of carbonyl (C=O) groups excluding carboxylic acids is 1. The molecule has 0 spiro atoms. The summed E-state index contributed by atoms with van der Waals surface area (Å²) in [6, 6.07) is 15.9. The predicted octanol–water partition coefficient (Wildman–Crippen LogP) is 3.82. The van der Waals surface area contributed by atoms with E-state index in [9.17, 15) is 4.79 Å². The fourth-order valence-corrected chi connectivity index (χ4v) is 3.97. The summed E-state index contributed by atoms with van der Waals surface area (Å²) in [6.07, 6.45) is 0. The third-order valence-electron chi connectivity index (χ3n) is 4.57. The molecule has 1 aromatic heterocycles. The second-order valence-corrected chi connectivity index (χ2v) is 7.34. The number of methoxy groups -OCH3 is 1. The number of benzene rings is 2. The molecule has 0 bridgehead atoms. The van der Waals surface area contributed by atoms with E-state index >= 15 is 0 Å². The van der Waals surface area contributed by atoms with Gasteiger partial charge in [0.25, 0.3) is 0 Å². The third-order valence-corrected chi connectivity index (χ3v) is 5.61. The molecule has 0 saturated carbocycles. The van der Waals surface area contributed by atoms with E-state index in [1.165, 1.54) is 12.7 Å². The SMILES string of the molecule is COC(=O)c1ccc(CSc2nnc3n2CCN3c2ccc(C)cc2)cc1. The van der Waals surface area contributed by atoms with Crippen molar-refractivity contribution in [3.63, 3.8) is 0 Å². The van der Waals surface area contributed by atoms with Crippen molar-refractivity contribution in [2.45, 2.75) is 24.4 Å². The number of anilines is 2. The Hall–Kier alpha value is -2.80. The lowest BCUT2D eigenvalue weighted by atomic mass is 10.1. The first kappa shape index (κ1) is 17.6. The maximum absolute atomic E-state index is 11.5. The standard InChI is InChI=1S/C20H20N4O2S/c1-14-3-9-17(10-4-14)23-11-12-24-19(23)21-22-20(24)27-13-15-5-7-16(8-6-15)18(25)26-2/h3-10H,11-13H2,1-2H3. The van der Waals surface area contributed by atoms with E-state index in [0.29, 0.717) is 5.56 Å². The van der Waals surface area contributed by atoms with Gasteiger partial charge in [-0.2, -0.15) is 0 Å². The van der Waals surface area contributed by atoms with Gasteiger partial charge < -0.3 is 9.64 Å². The van der Waals surface area contributed by atoms with Crippen molar-refractivity contribution in [3.8, 4) is 0 Å². The Labute approximate surface area is 162 Å². The van der Waals surface area contributed by atoms with Crippen LogP contribution in [0.4, 0.5) is 11.6 Å². The number of nitrogens with zero attached hydrogens (tertiary/aromatic N) is 4. The van der Waals surface area contributed by atoms with Crippen molar-refractivity contribution >= 4 is 29.4 Å². The van der Waals surface area contributed by atoms with Crippen LogP contribution in [-0.2, 0) is 17.0 Å². The molecule has 138 valence electrons. The number of rotatable bonds is 5. The van der Waals surface area contributed by atoms with E-state index in [0.717, 1.165) is 41.2 Å². The number of hydrogen-bond acceptors (Lipinski definition) is 6.